The Bertz CT molecular complexity index is 2920. The lowest BCUT2D eigenvalue weighted by molar-refractivity contribution is 0.0480. The maximum Gasteiger partial charge on any atom is 0.340 e. The highest BCUT2D eigenvalue weighted by Crippen LogP contribution is 2.54. The number of carbonyl (C=O) groups excluding carboxylic acids is 6. The molecule has 414 valence electrons. The molecule has 6 aromatic rings. The predicted octanol–water partition coefficient (Wildman–Crippen LogP) is 11.9. The van der Waals surface area contributed by atoms with Crippen LogP contribution in [0.1, 0.15) is 177 Å². The maximum absolute atomic E-state index is 13.7. The Balaban J connectivity index is 1.39. The van der Waals surface area contributed by atoms with Gasteiger partial charge < -0.3 is 37.5 Å². The molecule has 0 saturated heterocycles. The Hall–Kier alpha value is -7.16. The van der Waals surface area contributed by atoms with E-state index in [1.165, 1.54) is 24.8 Å². The van der Waals surface area contributed by atoms with Crippen molar-refractivity contribution in [2.45, 2.75) is 120 Å². The largest absolute Gasteiger partial charge is 0.462 e. The van der Waals surface area contributed by atoms with Crippen LogP contribution in [-0.4, -0.2) is 92.8 Å². The number of carbonyl (C=O) groups is 6. The molecule has 0 saturated carbocycles. The standard InChI is InChI=1S/C58H68N4O14P2/c1-9-37-29-59(31-43(37)53(63)69-11-3)77(61-33-45(55(65)71-13-5)46(34-61)56(66)72-14-6)75-49-27-25-39-21-17-19-23-41(39)51(49)52-42-24-20-18-22-40(42)26-28-50(52)76-78(60-30-38(10-2)44(32-60)54(64)70-12-4)62-35-47(57(67)73-15-7)48(36-62)58(68)74-16-8/h25-36H,9-24H2,1-8H3. The van der Waals surface area contributed by atoms with E-state index in [4.69, 9.17) is 37.5 Å². The minimum atomic E-state index is -2.15. The van der Waals surface area contributed by atoms with Crippen molar-refractivity contribution in [3.05, 3.63) is 141 Å². The van der Waals surface area contributed by atoms with Crippen LogP contribution in [0.25, 0.3) is 11.1 Å². The second-order valence-corrected chi connectivity index (χ2v) is 21.6. The highest BCUT2D eigenvalue weighted by atomic mass is 31.2. The lowest BCUT2D eigenvalue weighted by atomic mass is 9.80. The molecule has 2 unspecified atom stereocenters. The second kappa shape index (κ2) is 26.0. The number of aromatic nitrogens is 4. The van der Waals surface area contributed by atoms with Gasteiger partial charge in [0.1, 0.15) is 11.5 Å². The van der Waals surface area contributed by atoms with Crippen molar-refractivity contribution < 1.29 is 66.2 Å². The van der Waals surface area contributed by atoms with Crippen molar-refractivity contribution in [3.63, 3.8) is 0 Å². The van der Waals surface area contributed by atoms with Crippen LogP contribution < -0.4 is 9.05 Å². The molecule has 0 amide bonds. The summed E-state index contributed by atoms with van der Waals surface area (Å²) in [5.74, 6) is -2.96. The van der Waals surface area contributed by atoms with Crippen LogP contribution in [0.2, 0.25) is 0 Å². The van der Waals surface area contributed by atoms with Crippen LogP contribution in [0.5, 0.6) is 11.5 Å². The highest BCUT2D eigenvalue weighted by molar-refractivity contribution is 7.50. The summed E-state index contributed by atoms with van der Waals surface area (Å²) in [6, 6.07) is 8.08. The molecule has 2 aliphatic carbocycles. The molecule has 0 spiro atoms. The number of fused-ring (bicyclic) bond motifs is 2. The molecule has 0 aliphatic heterocycles. The first kappa shape index (κ1) is 57.0. The van der Waals surface area contributed by atoms with Gasteiger partial charge in [0.2, 0.25) is 0 Å². The molecular formula is C58H68N4O14P2. The Morgan fingerprint density at radius 1 is 0.372 bits per heavy atom. The van der Waals surface area contributed by atoms with Crippen LogP contribution in [-0.2, 0) is 66.9 Å². The third-order valence-electron chi connectivity index (χ3n) is 13.5. The fraction of sp³-hybridized carbons (Fsp3) is 0.414. The van der Waals surface area contributed by atoms with Crippen LogP contribution >= 0.6 is 16.9 Å². The average Bonchev–Trinajstić information content (AvgIpc) is 4.36. The highest BCUT2D eigenvalue weighted by Gasteiger charge is 2.35. The normalized spacial score (nSPS) is 13.6. The lowest BCUT2D eigenvalue weighted by Gasteiger charge is -2.30. The molecule has 0 bridgehead atoms. The van der Waals surface area contributed by atoms with E-state index in [2.05, 4.69) is 12.1 Å². The average molecular weight is 1110 g/mol. The number of benzene rings is 2. The molecule has 4 heterocycles. The first-order chi connectivity index (χ1) is 37.8. The number of hydrogen-bond acceptors (Lipinski definition) is 14. The van der Waals surface area contributed by atoms with Crippen LogP contribution in [0, 0.1) is 0 Å². The minimum Gasteiger partial charge on any atom is -0.462 e. The topological polar surface area (TPSA) is 196 Å². The van der Waals surface area contributed by atoms with E-state index in [1.54, 1.807) is 71.3 Å². The molecule has 8 rings (SSSR count). The summed E-state index contributed by atoms with van der Waals surface area (Å²) in [4.78, 5) is 81.7. The van der Waals surface area contributed by atoms with Crippen molar-refractivity contribution in [1.82, 2.24) is 17.4 Å². The van der Waals surface area contributed by atoms with E-state index in [1.807, 2.05) is 38.4 Å². The van der Waals surface area contributed by atoms with Crippen molar-refractivity contribution in [1.29, 1.82) is 0 Å². The maximum atomic E-state index is 13.7. The van der Waals surface area contributed by atoms with Crippen LogP contribution in [0.15, 0.2) is 73.8 Å². The smallest absolute Gasteiger partial charge is 0.340 e. The molecule has 2 atom stereocenters. The summed E-state index contributed by atoms with van der Waals surface area (Å²) in [7, 11) is -4.31. The Morgan fingerprint density at radius 3 is 0.936 bits per heavy atom. The lowest BCUT2D eigenvalue weighted by Crippen LogP contribution is -2.13. The van der Waals surface area contributed by atoms with E-state index in [9.17, 15) is 28.8 Å². The Labute approximate surface area is 457 Å². The summed E-state index contributed by atoms with van der Waals surface area (Å²) < 4.78 is 54.7. The molecule has 20 heteroatoms. The van der Waals surface area contributed by atoms with Crippen molar-refractivity contribution in [2.24, 2.45) is 0 Å². The summed E-state index contributed by atoms with van der Waals surface area (Å²) in [6.45, 7) is 14.6. The zero-order valence-corrected chi connectivity index (χ0v) is 47.4. The van der Waals surface area contributed by atoms with Gasteiger partial charge in [-0.2, -0.15) is 0 Å². The fourth-order valence-electron chi connectivity index (χ4n) is 9.99. The van der Waals surface area contributed by atoms with E-state index >= 15 is 0 Å². The molecule has 18 nitrogen and oxygen atoms in total. The zero-order chi connectivity index (χ0) is 55.6. The van der Waals surface area contributed by atoms with Gasteiger partial charge in [0.25, 0.3) is 0 Å². The molecule has 0 N–H and O–H groups in total. The third-order valence-corrected chi connectivity index (χ3v) is 16.8. The van der Waals surface area contributed by atoms with E-state index in [-0.39, 0.29) is 61.9 Å². The zero-order valence-electron chi connectivity index (χ0n) is 45.6. The number of aryl methyl sites for hydroxylation is 4. The molecular weight excluding hydrogens is 1040 g/mol. The van der Waals surface area contributed by atoms with Gasteiger partial charge in [-0.1, -0.05) is 26.0 Å². The number of esters is 6. The number of rotatable bonds is 23. The molecule has 78 heavy (non-hydrogen) atoms. The van der Waals surface area contributed by atoms with Gasteiger partial charge in [-0.3, -0.25) is 17.4 Å². The second-order valence-electron chi connectivity index (χ2n) is 18.4. The van der Waals surface area contributed by atoms with Gasteiger partial charge in [0.15, 0.2) is 0 Å². The van der Waals surface area contributed by atoms with Crippen molar-refractivity contribution >= 4 is 52.7 Å². The quantitative estimate of drug-likeness (QED) is 0.0334. The fourth-order valence-corrected chi connectivity index (χ4v) is 13.3. The monoisotopic (exact) mass is 1110 g/mol. The minimum absolute atomic E-state index is 0.0173. The Kier molecular flexibility index (Phi) is 19.0. The van der Waals surface area contributed by atoms with Gasteiger partial charge in [0.05, 0.1) is 73.0 Å². The SMILES string of the molecule is CCOC(=O)c1cn(P(Oc2ccc3c(c2-c2c(OP(n4cc(CC)c(C(=O)OCC)c4)n4cc(C(=O)OCC)c(C(=O)OCC)c4)ccc4c2CCCC4)CCCC3)n2cc(C(=O)OCC)c(C(=O)OCC)c2)cc1CC. The van der Waals surface area contributed by atoms with Crippen molar-refractivity contribution in [3.8, 4) is 22.6 Å². The summed E-state index contributed by atoms with van der Waals surface area (Å²) in [5, 5.41) is 0. The van der Waals surface area contributed by atoms with Gasteiger partial charge in [-0.25, -0.2) is 28.8 Å². The third kappa shape index (κ3) is 11.9. The van der Waals surface area contributed by atoms with E-state index < -0.39 is 52.7 Å². The summed E-state index contributed by atoms with van der Waals surface area (Å²) in [5.41, 5.74) is 8.02. The van der Waals surface area contributed by atoms with E-state index in [0.717, 1.165) is 71.9 Å². The van der Waals surface area contributed by atoms with Gasteiger partial charge in [-0.15, -0.1) is 0 Å². The molecule has 4 aromatic heterocycles. The van der Waals surface area contributed by atoms with Crippen LogP contribution in [0.4, 0.5) is 0 Å². The number of hydrogen-bond donors (Lipinski definition) is 0. The summed E-state index contributed by atoms with van der Waals surface area (Å²) >= 11 is 0. The first-order valence-corrected chi connectivity index (χ1v) is 29.3. The molecule has 0 radical (unpaired) electrons. The first-order valence-electron chi connectivity index (χ1n) is 27.0. The van der Waals surface area contributed by atoms with Crippen LogP contribution in [0.3, 0.4) is 0 Å². The van der Waals surface area contributed by atoms with Gasteiger partial charge in [0, 0.05) is 60.7 Å². The van der Waals surface area contributed by atoms with Crippen molar-refractivity contribution in [2.75, 3.05) is 39.6 Å². The predicted molar refractivity (Wildman–Crippen MR) is 294 cm³/mol. The molecule has 0 fully saturated rings. The van der Waals surface area contributed by atoms with E-state index in [0.29, 0.717) is 59.4 Å². The van der Waals surface area contributed by atoms with Gasteiger partial charge in [-0.05, 0) is 151 Å². The molecule has 2 aromatic carbocycles. The molecule has 2 aliphatic rings. The van der Waals surface area contributed by atoms with Gasteiger partial charge >= 0.3 is 52.7 Å². The Morgan fingerprint density at radius 2 is 0.641 bits per heavy atom. The number of nitrogens with zero attached hydrogens (tertiary/aromatic N) is 4. The number of ether oxygens (including phenoxy) is 6. The summed E-state index contributed by atoms with van der Waals surface area (Å²) in [6.07, 6.45) is 20.9.